The first kappa shape index (κ1) is 26.8. The second-order valence-corrected chi connectivity index (χ2v) is 12.4. The molecule has 1 fully saturated rings. The van der Waals surface area contributed by atoms with E-state index in [9.17, 15) is 26.0 Å². The van der Waals surface area contributed by atoms with Crippen LogP contribution in [-0.4, -0.2) is 35.1 Å². The van der Waals surface area contributed by atoms with Crippen LogP contribution in [0.5, 0.6) is 0 Å². The van der Waals surface area contributed by atoms with Crippen molar-refractivity contribution >= 4 is 15.7 Å². The monoisotopic (exact) mass is 554 g/mol. The van der Waals surface area contributed by atoms with E-state index in [4.69, 9.17) is 0 Å². The third kappa shape index (κ3) is 5.49. The van der Waals surface area contributed by atoms with E-state index in [0.29, 0.717) is 18.0 Å². The second-order valence-electron chi connectivity index (χ2n) is 10.4. The molecule has 0 saturated heterocycles. The molecule has 2 heterocycles. The molecule has 2 aromatic carbocycles. The van der Waals surface area contributed by atoms with Crippen molar-refractivity contribution in [2.75, 3.05) is 11.4 Å². The lowest BCUT2D eigenvalue weighted by molar-refractivity contribution is -0.137. The first-order valence-electron chi connectivity index (χ1n) is 12.9. The van der Waals surface area contributed by atoms with Crippen LogP contribution in [-0.2, 0) is 36.3 Å². The number of benzene rings is 2. The number of alkyl halides is 3. The molecule has 0 radical (unpaired) electrons. The maximum absolute atomic E-state index is 14.4. The van der Waals surface area contributed by atoms with Crippen LogP contribution in [0.1, 0.15) is 56.8 Å². The third-order valence-corrected chi connectivity index (χ3v) is 9.77. The van der Waals surface area contributed by atoms with Crippen molar-refractivity contribution < 1.29 is 27.4 Å². The van der Waals surface area contributed by atoms with Crippen LogP contribution >= 0.6 is 0 Å². The first-order chi connectivity index (χ1) is 18.0. The zero-order chi connectivity index (χ0) is 27.1. The highest BCUT2D eigenvalue weighted by Gasteiger charge is 2.36. The number of aryl methyl sites for hydroxylation is 1. The third-order valence-electron chi connectivity index (χ3n) is 7.94. The number of fused-ring (bicyclic) bond motifs is 1. The molecule has 38 heavy (non-hydrogen) atoms. The van der Waals surface area contributed by atoms with Gasteiger partial charge < -0.3 is 10.00 Å². The van der Waals surface area contributed by atoms with Gasteiger partial charge in [-0.15, -0.1) is 0 Å². The van der Waals surface area contributed by atoms with Crippen LogP contribution in [0, 0.1) is 11.7 Å². The number of hydrogen-bond acceptors (Lipinski definition) is 3. The fourth-order valence-corrected chi connectivity index (χ4v) is 7.15. The quantitative estimate of drug-likeness (QED) is 0.349. The van der Waals surface area contributed by atoms with Gasteiger partial charge in [-0.25, -0.2) is 12.8 Å². The fourth-order valence-electron chi connectivity index (χ4n) is 5.69. The molecule has 1 saturated carbocycles. The molecule has 1 aromatic heterocycles. The average Bonchev–Trinajstić information content (AvgIpc) is 3.34. The lowest BCUT2D eigenvalue weighted by atomic mass is 9.97. The molecule has 3 aromatic rings. The first-order valence-corrected chi connectivity index (χ1v) is 14.4. The number of aromatic amines is 1. The van der Waals surface area contributed by atoms with Crippen molar-refractivity contribution in [2.45, 2.75) is 68.7 Å². The molecule has 0 spiro atoms. The number of aromatic nitrogens is 2. The maximum Gasteiger partial charge on any atom is 0.416 e. The van der Waals surface area contributed by atoms with Crippen LogP contribution in [0.4, 0.5) is 23.2 Å². The van der Waals surface area contributed by atoms with Crippen molar-refractivity contribution in [3.05, 3.63) is 71.3 Å². The highest BCUT2D eigenvalue weighted by atomic mass is 32.2. The average molecular weight is 555 g/mol. The Balaban J connectivity index is 0.00000353. The van der Waals surface area contributed by atoms with E-state index in [1.165, 1.54) is 42.1 Å². The summed E-state index contributed by atoms with van der Waals surface area (Å²) in [6, 6.07) is 7.82. The molecule has 1 unspecified atom stereocenters. The van der Waals surface area contributed by atoms with Crippen molar-refractivity contribution in [2.24, 2.45) is 13.0 Å². The topological polar surface area (TPSA) is 61.3 Å². The van der Waals surface area contributed by atoms with E-state index in [1.54, 1.807) is 6.07 Å². The van der Waals surface area contributed by atoms with Crippen LogP contribution in [0.3, 0.4) is 0 Å². The second kappa shape index (κ2) is 10.4. The minimum Gasteiger partial charge on any atom is -0.361 e. The Morgan fingerprint density at radius 3 is 2.37 bits per heavy atom. The Kier molecular flexibility index (Phi) is 7.34. The number of nitrogens with one attached hydrogen (secondary N) is 1. The van der Waals surface area contributed by atoms with Gasteiger partial charge in [0.2, 0.25) is 10.0 Å². The summed E-state index contributed by atoms with van der Waals surface area (Å²) in [6.45, 7) is 0.600. The Morgan fingerprint density at radius 1 is 1.05 bits per heavy atom. The number of nitrogens with zero attached hydrogens (tertiary/aromatic N) is 3. The van der Waals surface area contributed by atoms with Crippen molar-refractivity contribution in [1.82, 2.24) is 14.1 Å². The molecule has 0 bridgehead atoms. The van der Waals surface area contributed by atoms with E-state index in [-0.39, 0.29) is 25.5 Å². The predicted octanol–water partition coefficient (Wildman–Crippen LogP) is 6.31. The van der Waals surface area contributed by atoms with Crippen molar-refractivity contribution in [3.63, 3.8) is 0 Å². The number of sulfonamides is 1. The van der Waals surface area contributed by atoms with E-state index >= 15 is 0 Å². The number of H-pyrrole nitrogens is 1. The van der Waals surface area contributed by atoms with Crippen LogP contribution in [0.2, 0.25) is 0 Å². The molecule has 6 nitrogen and oxygen atoms in total. The highest BCUT2D eigenvalue weighted by Crippen LogP contribution is 2.37. The minimum absolute atomic E-state index is 0. The van der Waals surface area contributed by atoms with Crippen LogP contribution in [0.25, 0.3) is 0 Å². The zero-order valence-electron chi connectivity index (χ0n) is 21.2. The minimum atomic E-state index is -4.56. The lowest BCUT2D eigenvalue weighted by Crippen LogP contribution is -2.44. The summed E-state index contributed by atoms with van der Waals surface area (Å²) < 4.78 is 84.3. The summed E-state index contributed by atoms with van der Waals surface area (Å²) in [4.78, 5) is 1.95. The fraction of sp³-hybridized carbons (Fsp3) is 0.481. The summed E-state index contributed by atoms with van der Waals surface area (Å²) in [7, 11) is -2.25. The molecule has 5 rings (SSSR count). The Morgan fingerprint density at radius 2 is 1.76 bits per heavy atom. The van der Waals surface area contributed by atoms with Crippen molar-refractivity contribution in [3.8, 4) is 0 Å². The number of rotatable bonds is 7. The van der Waals surface area contributed by atoms with Crippen LogP contribution < -0.4 is 4.90 Å². The maximum atomic E-state index is 14.4. The molecule has 1 aliphatic heterocycles. The molecule has 11 heteroatoms. The van der Waals surface area contributed by atoms with Gasteiger partial charge in [-0.2, -0.15) is 17.5 Å². The smallest absolute Gasteiger partial charge is 0.361 e. The molecule has 1 atom stereocenters. The number of anilines is 1. The normalized spacial score (nSPS) is 19.6. The SMILES string of the molecule is Cn1[nH]cc1CN1c2ccc(F)cc2CN(S(=O)(=O)c2ccc(C(F)(F)F)cc2)CC1CCC1CCCC1.[HH]. The zero-order valence-corrected chi connectivity index (χ0v) is 22.0. The standard InChI is InChI=1S/C27H32F4N4O2S.H2/c1-33-24(15-32-33)18-35-23(10-6-19-4-2-3-5-19)17-34(16-20-14-22(28)9-13-26(20)35)38(36,37)25-11-7-21(8-12-25)27(29,30)31;/h7-9,11-15,19,23,32H,2-6,10,16-18H2,1H3;1H. The largest absolute Gasteiger partial charge is 0.416 e. The molecule has 2 aliphatic rings. The molecule has 0 amide bonds. The van der Waals surface area contributed by atoms with E-state index in [2.05, 4.69) is 10.00 Å². The molecule has 1 N–H and O–H groups in total. The predicted molar refractivity (Wildman–Crippen MR) is 138 cm³/mol. The van der Waals surface area contributed by atoms with Crippen molar-refractivity contribution in [1.29, 1.82) is 0 Å². The van der Waals surface area contributed by atoms with E-state index in [1.807, 2.05) is 17.9 Å². The highest BCUT2D eigenvalue weighted by molar-refractivity contribution is 7.89. The number of hydrogen-bond donors (Lipinski definition) is 1. The van der Waals surface area contributed by atoms with Gasteiger partial charge in [0.1, 0.15) is 5.82 Å². The Bertz CT molecular complexity index is 1370. The van der Waals surface area contributed by atoms with Gasteiger partial charge in [0.25, 0.3) is 0 Å². The van der Waals surface area contributed by atoms with Gasteiger partial charge in [-0.1, -0.05) is 25.7 Å². The molecule has 208 valence electrons. The Labute approximate surface area is 221 Å². The Hall–Kier alpha value is -2.79. The summed E-state index contributed by atoms with van der Waals surface area (Å²) in [5.41, 5.74) is 1.41. The molecule has 1 aliphatic carbocycles. The van der Waals surface area contributed by atoms with Gasteiger partial charge in [0.15, 0.2) is 0 Å². The van der Waals surface area contributed by atoms with Gasteiger partial charge in [-0.05, 0) is 66.8 Å². The summed E-state index contributed by atoms with van der Waals surface area (Å²) in [5, 5.41) is 3.06. The van der Waals surface area contributed by atoms with Gasteiger partial charge in [-0.3, -0.25) is 4.68 Å². The van der Waals surface area contributed by atoms with Gasteiger partial charge in [0, 0.05) is 39.5 Å². The van der Waals surface area contributed by atoms with Crippen LogP contribution in [0.15, 0.2) is 53.6 Å². The lowest BCUT2D eigenvalue weighted by Gasteiger charge is -2.35. The molecular weight excluding hydrogens is 520 g/mol. The van der Waals surface area contributed by atoms with E-state index < -0.39 is 27.6 Å². The summed E-state index contributed by atoms with van der Waals surface area (Å²) >= 11 is 0. The van der Waals surface area contributed by atoms with Gasteiger partial charge >= 0.3 is 6.18 Å². The van der Waals surface area contributed by atoms with E-state index in [0.717, 1.165) is 48.5 Å². The summed E-state index contributed by atoms with van der Waals surface area (Å²) in [6.07, 6.45) is 3.78. The van der Waals surface area contributed by atoms with Gasteiger partial charge in [0.05, 0.1) is 22.7 Å². The number of halogens is 4. The molecular formula is C27H34F4N4O2S. The summed E-state index contributed by atoms with van der Waals surface area (Å²) in [5.74, 6) is 0.127.